The Morgan fingerprint density at radius 2 is 1.18 bits per heavy atom. The Morgan fingerprint density at radius 3 is 1.55 bits per heavy atom. The predicted molar refractivity (Wildman–Crippen MR) is 128 cm³/mol. The van der Waals surface area contributed by atoms with Gasteiger partial charge in [0.25, 0.3) is 0 Å². The molecular weight excluding hydrogens is 694 g/mol. The van der Waals surface area contributed by atoms with Crippen LogP contribution in [0.1, 0.15) is 32.1 Å². The lowest BCUT2D eigenvalue weighted by molar-refractivity contribution is -0.233. The van der Waals surface area contributed by atoms with Crippen LogP contribution in [0.3, 0.4) is 0 Å². The Bertz CT molecular complexity index is 1240. The van der Waals surface area contributed by atoms with Crippen molar-refractivity contribution in [3.8, 4) is 0 Å². The summed E-state index contributed by atoms with van der Waals surface area (Å²) in [5.74, 6) is -9.99. The summed E-state index contributed by atoms with van der Waals surface area (Å²) in [6, 6.07) is 0. The smallest absolute Gasteiger partial charge is 0.458 e. The summed E-state index contributed by atoms with van der Waals surface area (Å²) in [7, 11) is -6.67. The van der Waals surface area contributed by atoms with Crippen molar-refractivity contribution in [2.45, 2.75) is 65.3 Å². The summed E-state index contributed by atoms with van der Waals surface area (Å²) in [5, 5.41) is -5.75. The minimum Gasteiger partial charge on any atom is -0.458 e. The lowest BCUT2D eigenvalue weighted by Crippen LogP contribution is -2.65. The number of carbonyl (C=O) groups is 3. The van der Waals surface area contributed by atoms with Crippen molar-refractivity contribution in [3.05, 3.63) is 0 Å². The van der Waals surface area contributed by atoms with Crippen LogP contribution in [0.4, 0.5) is 43.9 Å². The average molecular weight is 717 g/mol. The first-order valence-corrected chi connectivity index (χ1v) is 15.9. The van der Waals surface area contributed by atoms with E-state index in [1.807, 2.05) is 0 Å². The third-order valence-corrected chi connectivity index (χ3v) is 13.8. The molecular formula is C22H22F10O9S3. The van der Waals surface area contributed by atoms with Crippen molar-refractivity contribution in [3.63, 3.8) is 0 Å². The highest BCUT2D eigenvalue weighted by atomic mass is 32.2. The number of thioether (sulfide) groups is 2. The molecule has 1 spiro atoms. The maximum Gasteiger partial charge on any atom is 0.490 e. The first-order chi connectivity index (χ1) is 19.8. The molecule has 44 heavy (non-hydrogen) atoms. The molecule has 4 bridgehead atoms. The number of hydrogen-bond donors (Lipinski definition) is 1. The fourth-order valence-corrected chi connectivity index (χ4v) is 11.1. The number of hydrogen-bond acceptors (Lipinski definition) is 10. The van der Waals surface area contributed by atoms with Crippen LogP contribution < -0.4 is 0 Å². The Kier molecular flexibility index (Phi) is 8.76. The Labute approximate surface area is 250 Å². The molecule has 9 nitrogen and oxygen atoms in total. The van der Waals surface area contributed by atoms with Crippen LogP contribution in [0.2, 0.25) is 0 Å². The molecule has 0 aromatic rings. The third kappa shape index (κ3) is 6.19. The van der Waals surface area contributed by atoms with Crippen molar-refractivity contribution >= 4 is 51.5 Å². The highest BCUT2D eigenvalue weighted by Gasteiger charge is 2.75. The number of carbonyl (C=O) groups excluding carboxylic acids is 3. The largest absolute Gasteiger partial charge is 0.490 e. The van der Waals surface area contributed by atoms with Crippen molar-refractivity contribution in [1.82, 2.24) is 0 Å². The zero-order chi connectivity index (χ0) is 33.4. The van der Waals surface area contributed by atoms with Gasteiger partial charge >= 0.3 is 51.6 Å². The lowest BCUT2D eigenvalue weighted by atomic mass is 9.53. The summed E-state index contributed by atoms with van der Waals surface area (Å²) >= 11 is 2.09. The predicted octanol–water partition coefficient (Wildman–Crippen LogP) is 4.60. The third-order valence-electron chi connectivity index (χ3n) is 8.25. The van der Waals surface area contributed by atoms with E-state index in [0.29, 0.717) is 12.8 Å². The molecule has 1 saturated heterocycles. The molecule has 252 valence electrons. The van der Waals surface area contributed by atoms with Gasteiger partial charge < -0.3 is 14.2 Å². The Morgan fingerprint density at radius 1 is 0.750 bits per heavy atom. The van der Waals surface area contributed by atoms with Gasteiger partial charge in [-0.1, -0.05) is 0 Å². The van der Waals surface area contributed by atoms with E-state index in [1.165, 1.54) is 0 Å². The minimum absolute atomic E-state index is 0.0404. The van der Waals surface area contributed by atoms with E-state index in [0.717, 1.165) is 23.5 Å². The van der Waals surface area contributed by atoms with E-state index in [2.05, 4.69) is 9.47 Å². The summed E-state index contributed by atoms with van der Waals surface area (Å²) in [4.78, 5) is 35.0. The molecule has 0 aromatic heterocycles. The number of rotatable bonds is 7. The molecule has 3 atom stereocenters. The highest BCUT2D eigenvalue weighted by molar-refractivity contribution is 8.18. The number of esters is 3. The molecule has 0 amide bonds. The second-order valence-corrected chi connectivity index (χ2v) is 15.7. The van der Waals surface area contributed by atoms with Crippen LogP contribution >= 0.6 is 23.5 Å². The lowest BCUT2D eigenvalue weighted by Gasteiger charge is -2.65. The van der Waals surface area contributed by atoms with E-state index < -0.39 is 91.7 Å². The average Bonchev–Trinajstić information content (AvgIpc) is 2.86. The van der Waals surface area contributed by atoms with E-state index in [-0.39, 0.29) is 36.7 Å². The summed E-state index contributed by atoms with van der Waals surface area (Å²) in [6.07, 6.45) is -16.9. The number of ether oxygens (including phenoxy) is 3. The van der Waals surface area contributed by atoms with Crippen LogP contribution in [0.15, 0.2) is 0 Å². The number of alkyl halides is 10. The fourth-order valence-electron chi connectivity index (χ4n) is 6.51. The molecule has 1 heterocycles. The maximum absolute atomic E-state index is 14.7. The summed E-state index contributed by atoms with van der Waals surface area (Å²) in [6.45, 7) is -2.14. The second-order valence-electron chi connectivity index (χ2n) is 11.4. The SMILES string of the molecule is O=C(OCC1(COC(=O)C(F)(F)F)CSC2(SC1)C1CC3CC2CC(OC(=O)C(F)(C(F)(F)F)S(=O)(=O)O)(C3)C1)C(F)(F)F. The molecule has 3 unspecified atom stereocenters. The zero-order valence-corrected chi connectivity index (χ0v) is 24.3. The summed E-state index contributed by atoms with van der Waals surface area (Å²) in [5.41, 5.74) is -3.45. The molecule has 22 heteroatoms. The van der Waals surface area contributed by atoms with Gasteiger partial charge in [0.05, 0.1) is 9.49 Å². The Balaban J connectivity index is 1.54. The maximum atomic E-state index is 14.7. The van der Waals surface area contributed by atoms with Gasteiger partial charge in [0, 0.05) is 11.5 Å². The van der Waals surface area contributed by atoms with Gasteiger partial charge in [-0.15, -0.1) is 23.5 Å². The van der Waals surface area contributed by atoms with E-state index in [1.54, 1.807) is 0 Å². The molecule has 0 radical (unpaired) electrons. The van der Waals surface area contributed by atoms with Crippen LogP contribution in [-0.4, -0.2) is 88.8 Å². The topological polar surface area (TPSA) is 133 Å². The van der Waals surface area contributed by atoms with E-state index in [9.17, 15) is 66.7 Å². The highest BCUT2D eigenvalue weighted by Crippen LogP contribution is 2.71. The van der Waals surface area contributed by atoms with Crippen LogP contribution in [0.5, 0.6) is 0 Å². The quantitative estimate of drug-likeness (QED) is 0.172. The van der Waals surface area contributed by atoms with Crippen LogP contribution in [-0.2, 0) is 38.7 Å². The molecule has 0 aromatic carbocycles. The van der Waals surface area contributed by atoms with Gasteiger partial charge in [-0.25, -0.2) is 18.8 Å². The van der Waals surface area contributed by atoms with Crippen LogP contribution in [0.25, 0.3) is 0 Å². The molecule has 4 saturated carbocycles. The number of halogens is 10. The normalized spacial score (nSPS) is 30.8. The van der Waals surface area contributed by atoms with Gasteiger partial charge in [-0.05, 0) is 49.9 Å². The molecule has 1 N–H and O–H groups in total. The van der Waals surface area contributed by atoms with Gasteiger partial charge in [-0.2, -0.15) is 47.9 Å². The van der Waals surface area contributed by atoms with Crippen molar-refractivity contribution in [2.75, 3.05) is 24.7 Å². The van der Waals surface area contributed by atoms with Crippen molar-refractivity contribution in [1.29, 1.82) is 0 Å². The van der Waals surface area contributed by atoms with Gasteiger partial charge in [-0.3, -0.25) is 4.55 Å². The molecule has 5 fully saturated rings. The van der Waals surface area contributed by atoms with Gasteiger partial charge in [0.2, 0.25) is 0 Å². The first kappa shape index (κ1) is 35.2. The Hall–Kier alpha value is -1.68. The van der Waals surface area contributed by atoms with E-state index in [4.69, 9.17) is 9.29 Å². The zero-order valence-electron chi connectivity index (χ0n) is 21.8. The standard InChI is InChI=1S/C22H22F10O9S3/c23-19(22(30,31)32,44(36,37)38)13(33)41-17-3-10-1-11(4-17)18(12(2-10)5-17)42-8-16(9-43-18,6-39-14(34)20(24,25)26)7-40-15(35)21(27,28)29/h10-12H,1-9H2,(H,36,37,38). The minimum atomic E-state index is -6.67. The van der Waals surface area contributed by atoms with Crippen molar-refractivity contribution < 1.29 is 85.5 Å². The second kappa shape index (κ2) is 11.0. The fraction of sp³-hybridized carbons (Fsp3) is 0.864. The van der Waals surface area contributed by atoms with Crippen LogP contribution in [0, 0.1) is 23.2 Å². The monoisotopic (exact) mass is 716 g/mol. The summed E-state index contributed by atoms with van der Waals surface area (Å²) < 4.78 is 175. The molecule has 5 aliphatic rings. The van der Waals surface area contributed by atoms with E-state index >= 15 is 0 Å². The molecule has 4 aliphatic carbocycles. The van der Waals surface area contributed by atoms with Gasteiger partial charge in [0.15, 0.2) is 0 Å². The van der Waals surface area contributed by atoms with Crippen molar-refractivity contribution in [2.24, 2.45) is 23.2 Å². The molecule has 1 aliphatic heterocycles. The van der Waals surface area contributed by atoms with Gasteiger partial charge in [0.1, 0.15) is 18.8 Å². The first-order valence-electron chi connectivity index (χ1n) is 12.5. The molecule has 5 rings (SSSR count).